The Morgan fingerprint density at radius 2 is 1.90 bits per heavy atom. The van der Waals surface area contributed by atoms with Crippen molar-refractivity contribution in [1.29, 1.82) is 0 Å². The minimum Gasteiger partial charge on any atom is -0.486 e. The van der Waals surface area contributed by atoms with Gasteiger partial charge >= 0.3 is 0 Å². The second-order valence-electron chi connectivity index (χ2n) is 5.01. The van der Waals surface area contributed by atoms with Gasteiger partial charge in [0.2, 0.25) is 0 Å². The van der Waals surface area contributed by atoms with Crippen molar-refractivity contribution in [2.24, 2.45) is 0 Å². The zero-order valence-electron chi connectivity index (χ0n) is 12.2. The van der Waals surface area contributed by atoms with Crippen molar-refractivity contribution in [3.8, 4) is 5.75 Å². The second-order valence-corrected chi connectivity index (χ2v) is 5.01. The first-order chi connectivity index (χ1) is 10.2. The molecule has 0 bridgehead atoms. The summed E-state index contributed by atoms with van der Waals surface area (Å²) in [6.07, 6.45) is 2.94. The third kappa shape index (κ3) is 2.54. The summed E-state index contributed by atoms with van der Waals surface area (Å²) in [6, 6.07) is 10.0. The second kappa shape index (κ2) is 5.44. The Labute approximate surface area is 123 Å². The minimum atomic E-state index is 0.356. The van der Waals surface area contributed by atoms with E-state index in [4.69, 9.17) is 10.5 Å². The number of fused-ring (bicyclic) bond motifs is 1. The molecule has 5 nitrogen and oxygen atoms in total. The van der Waals surface area contributed by atoms with Crippen LogP contribution in [0.3, 0.4) is 0 Å². The van der Waals surface area contributed by atoms with Gasteiger partial charge in [0, 0.05) is 6.20 Å². The number of hydrogen-bond donors (Lipinski definition) is 1. The van der Waals surface area contributed by atoms with E-state index in [1.807, 2.05) is 35.7 Å². The van der Waals surface area contributed by atoms with Gasteiger partial charge in [0.25, 0.3) is 0 Å². The van der Waals surface area contributed by atoms with Crippen LogP contribution < -0.4 is 10.5 Å². The van der Waals surface area contributed by atoms with Gasteiger partial charge in [-0.2, -0.15) is 0 Å². The van der Waals surface area contributed by atoms with E-state index in [9.17, 15) is 0 Å². The molecule has 0 unspecified atom stereocenters. The van der Waals surface area contributed by atoms with Crippen LogP contribution in [0.1, 0.15) is 23.9 Å². The number of benzene rings is 1. The Morgan fingerprint density at radius 3 is 2.62 bits per heavy atom. The summed E-state index contributed by atoms with van der Waals surface area (Å²) >= 11 is 0. The first-order valence-electron chi connectivity index (χ1n) is 6.99. The maximum Gasteiger partial charge on any atom is 0.184 e. The van der Waals surface area contributed by atoms with Crippen molar-refractivity contribution in [2.45, 2.75) is 26.9 Å². The Morgan fingerprint density at radius 1 is 1.14 bits per heavy atom. The predicted octanol–water partition coefficient (Wildman–Crippen LogP) is 2.76. The van der Waals surface area contributed by atoms with E-state index in [0.29, 0.717) is 17.9 Å². The van der Waals surface area contributed by atoms with E-state index in [0.717, 1.165) is 23.6 Å². The van der Waals surface area contributed by atoms with Crippen molar-refractivity contribution in [1.82, 2.24) is 14.6 Å². The van der Waals surface area contributed by atoms with Gasteiger partial charge in [0.1, 0.15) is 12.4 Å². The van der Waals surface area contributed by atoms with Crippen molar-refractivity contribution < 1.29 is 4.74 Å². The lowest BCUT2D eigenvalue weighted by atomic mass is 10.2. The molecule has 0 aliphatic heterocycles. The standard InChI is InChI=1S/C16H18N4O/c1-3-12-4-6-13(7-5-12)21-10-14-18-19-16-15(17)11(2)8-9-20(14)16/h4-9H,3,10,17H2,1-2H3. The van der Waals surface area contributed by atoms with Crippen LogP contribution in [0.2, 0.25) is 0 Å². The monoisotopic (exact) mass is 282 g/mol. The fourth-order valence-corrected chi connectivity index (χ4v) is 2.18. The predicted molar refractivity (Wildman–Crippen MR) is 82.3 cm³/mol. The highest BCUT2D eigenvalue weighted by Gasteiger charge is 2.10. The first-order valence-corrected chi connectivity index (χ1v) is 6.99. The highest BCUT2D eigenvalue weighted by Crippen LogP contribution is 2.18. The molecule has 3 aromatic rings. The van der Waals surface area contributed by atoms with E-state index < -0.39 is 0 Å². The summed E-state index contributed by atoms with van der Waals surface area (Å²) < 4.78 is 7.63. The van der Waals surface area contributed by atoms with E-state index in [-0.39, 0.29) is 0 Å². The topological polar surface area (TPSA) is 65.4 Å². The molecule has 5 heteroatoms. The van der Waals surface area contributed by atoms with Crippen LogP contribution in [-0.4, -0.2) is 14.6 Å². The number of nitrogen functional groups attached to an aromatic ring is 1. The Kier molecular flexibility index (Phi) is 3.48. The molecule has 0 aliphatic carbocycles. The van der Waals surface area contributed by atoms with Crippen LogP contribution in [0.4, 0.5) is 5.69 Å². The zero-order valence-corrected chi connectivity index (χ0v) is 12.2. The number of anilines is 1. The molecule has 0 amide bonds. The summed E-state index contributed by atoms with van der Waals surface area (Å²) in [6.45, 7) is 4.44. The van der Waals surface area contributed by atoms with Crippen molar-refractivity contribution in [3.05, 3.63) is 53.5 Å². The molecular formula is C16H18N4O. The molecule has 0 aliphatic rings. The van der Waals surface area contributed by atoms with Crippen LogP contribution in [-0.2, 0) is 13.0 Å². The van der Waals surface area contributed by atoms with Crippen molar-refractivity contribution in [2.75, 3.05) is 5.73 Å². The van der Waals surface area contributed by atoms with Gasteiger partial charge in [0.05, 0.1) is 5.69 Å². The third-order valence-electron chi connectivity index (χ3n) is 3.61. The summed E-state index contributed by atoms with van der Waals surface area (Å²) in [5, 5.41) is 8.28. The van der Waals surface area contributed by atoms with Crippen LogP contribution in [0.25, 0.3) is 5.65 Å². The van der Waals surface area contributed by atoms with E-state index in [1.165, 1.54) is 5.56 Å². The number of hydrogen-bond acceptors (Lipinski definition) is 4. The molecule has 0 radical (unpaired) electrons. The fraction of sp³-hybridized carbons (Fsp3) is 0.250. The molecule has 0 saturated heterocycles. The van der Waals surface area contributed by atoms with Gasteiger partial charge in [-0.3, -0.25) is 4.40 Å². The number of rotatable bonds is 4. The molecule has 108 valence electrons. The molecular weight excluding hydrogens is 264 g/mol. The molecule has 0 spiro atoms. The van der Waals surface area contributed by atoms with Crippen LogP contribution in [0.15, 0.2) is 36.5 Å². The maximum absolute atomic E-state index is 6.01. The molecule has 3 rings (SSSR count). The Hall–Kier alpha value is -2.56. The van der Waals surface area contributed by atoms with Gasteiger partial charge in [-0.05, 0) is 42.7 Å². The van der Waals surface area contributed by atoms with Crippen molar-refractivity contribution >= 4 is 11.3 Å². The number of aromatic nitrogens is 3. The lowest BCUT2D eigenvalue weighted by Gasteiger charge is -2.06. The molecule has 21 heavy (non-hydrogen) atoms. The zero-order chi connectivity index (χ0) is 14.8. The smallest absolute Gasteiger partial charge is 0.184 e. The summed E-state index contributed by atoms with van der Waals surface area (Å²) in [7, 11) is 0. The highest BCUT2D eigenvalue weighted by atomic mass is 16.5. The lowest BCUT2D eigenvalue weighted by molar-refractivity contribution is 0.294. The van der Waals surface area contributed by atoms with Gasteiger partial charge in [-0.1, -0.05) is 19.1 Å². The van der Waals surface area contributed by atoms with Gasteiger partial charge in [0.15, 0.2) is 11.5 Å². The summed E-state index contributed by atoms with van der Waals surface area (Å²) in [4.78, 5) is 0. The Balaban J connectivity index is 1.80. The lowest BCUT2D eigenvalue weighted by Crippen LogP contribution is -2.02. The summed E-state index contributed by atoms with van der Waals surface area (Å²) in [5.74, 6) is 1.56. The molecule has 2 heterocycles. The van der Waals surface area contributed by atoms with Crippen LogP contribution >= 0.6 is 0 Å². The molecule has 0 saturated carbocycles. The fourth-order valence-electron chi connectivity index (χ4n) is 2.18. The average Bonchev–Trinajstić information content (AvgIpc) is 2.93. The molecule has 0 fully saturated rings. The maximum atomic E-state index is 6.01. The van der Waals surface area contributed by atoms with Crippen molar-refractivity contribution in [3.63, 3.8) is 0 Å². The van der Waals surface area contributed by atoms with E-state index >= 15 is 0 Å². The normalized spacial score (nSPS) is 11.0. The average molecular weight is 282 g/mol. The Bertz CT molecular complexity index is 762. The largest absolute Gasteiger partial charge is 0.486 e. The number of nitrogens with zero attached hydrogens (tertiary/aromatic N) is 3. The first kappa shape index (κ1) is 13.4. The molecule has 1 aromatic carbocycles. The number of ether oxygens (including phenoxy) is 1. The van der Waals surface area contributed by atoms with Crippen LogP contribution in [0.5, 0.6) is 5.75 Å². The van der Waals surface area contributed by atoms with Gasteiger partial charge in [-0.25, -0.2) is 0 Å². The van der Waals surface area contributed by atoms with E-state index in [1.54, 1.807) is 0 Å². The highest BCUT2D eigenvalue weighted by molar-refractivity contribution is 5.68. The molecule has 2 aromatic heterocycles. The number of aryl methyl sites for hydroxylation is 2. The van der Waals surface area contributed by atoms with Gasteiger partial charge < -0.3 is 10.5 Å². The SMILES string of the molecule is CCc1ccc(OCc2nnc3c(N)c(C)ccn23)cc1. The number of nitrogens with two attached hydrogens (primary N) is 1. The van der Waals surface area contributed by atoms with Crippen LogP contribution in [0, 0.1) is 6.92 Å². The third-order valence-corrected chi connectivity index (χ3v) is 3.61. The van der Waals surface area contributed by atoms with Gasteiger partial charge in [-0.15, -0.1) is 10.2 Å². The molecule has 2 N–H and O–H groups in total. The molecule has 0 atom stereocenters. The summed E-state index contributed by atoms with van der Waals surface area (Å²) in [5.41, 5.74) is 9.63. The quantitative estimate of drug-likeness (QED) is 0.799. The van der Waals surface area contributed by atoms with E-state index in [2.05, 4.69) is 29.3 Å². The number of pyridine rings is 1. The minimum absolute atomic E-state index is 0.356.